The lowest BCUT2D eigenvalue weighted by atomic mass is 10.2. The summed E-state index contributed by atoms with van der Waals surface area (Å²) < 4.78 is 11.3. The predicted molar refractivity (Wildman–Crippen MR) is 70.8 cm³/mol. The Morgan fingerprint density at radius 1 is 1.26 bits per heavy atom. The first-order valence-corrected chi connectivity index (χ1v) is 6.47. The zero-order valence-corrected chi connectivity index (χ0v) is 11.1. The Bertz CT molecular complexity index is 574. The summed E-state index contributed by atoms with van der Waals surface area (Å²) in [7, 11) is 0. The number of morpholine rings is 1. The standard InChI is InChI=1S/C14H17N3O2/c1-9-7-11(12-4-3-10(2)19-12)17-14(16-9)13-8-15-5-6-18-13/h3-4,7,13,15H,5-6,8H2,1-2H3. The van der Waals surface area contributed by atoms with Gasteiger partial charge in [-0.05, 0) is 32.0 Å². The number of furan rings is 1. The Kier molecular flexibility index (Phi) is 3.31. The molecule has 5 nitrogen and oxygen atoms in total. The molecule has 1 saturated heterocycles. The van der Waals surface area contributed by atoms with Gasteiger partial charge in [0.2, 0.25) is 0 Å². The second kappa shape index (κ2) is 5.11. The fourth-order valence-electron chi connectivity index (χ4n) is 2.17. The molecule has 0 amide bonds. The Balaban J connectivity index is 1.95. The van der Waals surface area contributed by atoms with Crippen LogP contribution in [0.4, 0.5) is 0 Å². The Morgan fingerprint density at radius 3 is 2.84 bits per heavy atom. The highest BCUT2D eigenvalue weighted by atomic mass is 16.5. The molecule has 1 unspecified atom stereocenters. The van der Waals surface area contributed by atoms with Gasteiger partial charge in [-0.15, -0.1) is 0 Å². The summed E-state index contributed by atoms with van der Waals surface area (Å²) in [5.74, 6) is 2.37. The maximum absolute atomic E-state index is 5.70. The summed E-state index contributed by atoms with van der Waals surface area (Å²) in [6, 6.07) is 5.80. The van der Waals surface area contributed by atoms with Gasteiger partial charge in [0.15, 0.2) is 11.6 Å². The van der Waals surface area contributed by atoms with E-state index in [2.05, 4.69) is 15.3 Å². The van der Waals surface area contributed by atoms with Crippen molar-refractivity contribution in [2.75, 3.05) is 19.7 Å². The number of nitrogens with one attached hydrogen (secondary N) is 1. The molecule has 0 aromatic carbocycles. The fourth-order valence-corrected chi connectivity index (χ4v) is 2.17. The number of aryl methyl sites for hydroxylation is 2. The lowest BCUT2D eigenvalue weighted by Crippen LogP contribution is -2.34. The Labute approximate surface area is 112 Å². The average molecular weight is 259 g/mol. The van der Waals surface area contributed by atoms with Crippen molar-refractivity contribution in [2.45, 2.75) is 20.0 Å². The maximum atomic E-state index is 5.70. The van der Waals surface area contributed by atoms with Crippen molar-refractivity contribution in [2.24, 2.45) is 0 Å². The van der Waals surface area contributed by atoms with Gasteiger partial charge in [0.05, 0.1) is 6.61 Å². The van der Waals surface area contributed by atoms with Gasteiger partial charge in [-0.25, -0.2) is 9.97 Å². The SMILES string of the molecule is Cc1cc(-c2ccc(C)o2)nc(C2CNCCO2)n1. The highest BCUT2D eigenvalue weighted by Crippen LogP contribution is 2.23. The first-order valence-electron chi connectivity index (χ1n) is 6.47. The van der Waals surface area contributed by atoms with E-state index in [9.17, 15) is 0 Å². The van der Waals surface area contributed by atoms with E-state index in [4.69, 9.17) is 9.15 Å². The van der Waals surface area contributed by atoms with Crippen LogP contribution >= 0.6 is 0 Å². The third-order valence-corrected chi connectivity index (χ3v) is 3.08. The van der Waals surface area contributed by atoms with Crippen LogP contribution < -0.4 is 5.32 Å². The van der Waals surface area contributed by atoms with Crippen molar-refractivity contribution < 1.29 is 9.15 Å². The predicted octanol–water partition coefficient (Wildman–Crippen LogP) is 2.01. The van der Waals surface area contributed by atoms with Crippen LogP contribution in [0.2, 0.25) is 0 Å². The van der Waals surface area contributed by atoms with Gasteiger partial charge >= 0.3 is 0 Å². The van der Waals surface area contributed by atoms with E-state index in [-0.39, 0.29) is 6.10 Å². The number of ether oxygens (including phenoxy) is 1. The maximum Gasteiger partial charge on any atom is 0.159 e. The van der Waals surface area contributed by atoms with Crippen molar-refractivity contribution >= 4 is 0 Å². The molecule has 3 rings (SSSR count). The van der Waals surface area contributed by atoms with E-state index in [1.54, 1.807) is 0 Å². The zero-order valence-electron chi connectivity index (χ0n) is 11.1. The first kappa shape index (κ1) is 12.3. The molecule has 19 heavy (non-hydrogen) atoms. The van der Waals surface area contributed by atoms with Gasteiger partial charge in [-0.1, -0.05) is 0 Å². The quantitative estimate of drug-likeness (QED) is 0.894. The van der Waals surface area contributed by atoms with Gasteiger partial charge in [-0.2, -0.15) is 0 Å². The molecule has 1 atom stereocenters. The van der Waals surface area contributed by atoms with Crippen molar-refractivity contribution in [3.05, 3.63) is 35.5 Å². The zero-order chi connectivity index (χ0) is 13.2. The summed E-state index contributed by atoms with van der Waals surface area (Å²) in [4.78, 5) is 9.04. The minimum Gasteiger partial charge on any atom is -0.460 e. The minimum absolute atomic E-state index is 0.0801. The van der Waals surface area contributed by atoms with E-state index in [1.165, 1.54) is 0 Å². The van der Waals surface area contributed by atoms with E-state index >= 15 is 0 Å². The highest BCUT2D eigenvalue weighted by Gasteiger charge is 2.20. The van der Waals surface area contributed by atoms with Crippen LogP contribution in [0.15, 0.2) is 22.6 Å². The van der Waals surface area contributed by atoms with Crippen LogP contribution in [-0.2, 0) is 4.74 Å². The number of rotatable bonds is 2. The van der Waals surface area contributed by atoms with Crippen molar-refractivity contribution in [3.8, 4) is 11.5 Å². The number of aromatic nitrogens is 2. The van der Waals surface area contributed by atoms with Gasteiger partial charge in [-0.3, -0.25) is 0 Å². The molecule has 1 aliphatic heterocycles. The molecule has 5 heteroatoms. The van der Waals surface area contributed by atoms with E-state index in [0.29, 0.717) is 6.61 Å². The summed E-state index contributed by atoms with van der Waals surface area (Å²) >= 11 is 0. The van der Waals surface area contributed by atoms with Crippen molar-refractivity contribution in [3.63, 3.8) is 0 Å². The molecular formula is C14H17N3O2. The van der Waals surface area contributed by atoms with Crippen LogP contribution in [0, 0.1) is 13.8 Å². The van der Waals surface area contributed by atoms with Crippen LogP contribution in [0.1, 0.15) is 23.4 Å². The van der Waals surface area contributed by atoms with Crippen LogP contribution in [0.25, 0.3) is 11.5 Å². The minimum atomic E-state index is -0.0801. The van der Waals surface area contributed by atoms with Crippen molar-refractivity contribution in [1.29, 1.82) is 0 Å². The lowest BCUT2D eigenvalue weighted by molar-refractivity contribution is 0.0221. The molecule has 0 radical (unpaired) electrons. The molecule has 2 aromatic heterocycles. The average Bonchev–Trinajstić information content (AvgIpc) is 2.86. The summed E-state index contributed by atoms with van der Waals surface area (Å²) in [6.07, 6.45) is -0.0801. The second-order valence-corrected chi connectivity index (χ2v) is 4.73. The molecule has 0 saturated carbocycles. The van der Waals surface area contributed by atoms with Gasteiger partial charge in [0.25, 0.3) is 0 Å². The molecule has 1 aliphatic rings. The summed E-state index contributed by atoms with van der Waals surface area (Å²) in [5.41, 5.74) is 1.73. The van der Waals surface area contributed by atoms with Gasteiger partial charge in [0, 0.05) is 18.8 Å². The smallest absolute Gasteiger partial charge is 0.159 e. The molecule has 1 fully saturated rings. The third kappa shape index (κ3) is 2.67. The normalized spacial score (nSPS) is 19.6. The van der Waals surface area contributed by atoms with Crippen LogP contribution in [-0.4, -0.2) is 29.7 Å². The Hall–Kier alpha value is -1.72. The van der Waals surface area contributed by atoms with E-state index in [0.717, 1.165) is 41.8 Å². The monoisotopic (exact) mass is 259 g/mol. The molecule has 0 spiro atoms. The van der Waals surface area contributed by atoms with E-state index < -0.39 is 0 Å². The Morgan fingerprint density at radius 2 is 2.16 bits per heavy atom. The van der Waals surface area contributed by atoms with E-state index in [1.807, 2.05) is 32.0 Å². The molecule has 3 heterocycles. The topological polar surface area (TPSA) is 60.2 Å². The molecule has 0 bridgehead atoms. The molecule has 0 aliphatic carbocycles. The summed E-state index contributed by atoms with van der Waals surface area (Å²) in [6.45, 7) is 6.21. The van der Waals surface area contributed by atoms with Crippen LogP contribution in [0.5, 0.6) is 0 Å². The summed E-state index contributed by atoms with van der Waals surface area (Å²) in [5, 5.41) is 3.29. The van der Waals surface area contributed by atoms with Crippen molar-refractivity contribution in [1.82, 2.24) is 15.3 Å². The second-order valence-electron chi connectivity index (χ2n) is 4.73. The van der Waals surface area contributed by atoms with Gasteiger partial charge in [0.1, 0.15) is 17.6 Å². The molecule has 2 aromatic rings. The first-order chi connectivity index (χ1) is 9.22. The number of hydrogen-bond donors (Lipinski definition) is 1. The third-order valence-electron chi connectivity index (χ3n) is 3.08. The largest absolute Gasteiger partial charge is 0.460 e. The van der Waals surface area contributed by atoms with Crippen LogP contribution in [0.3, 0.4) is 0 Å². The molecule has 1 N–H and O–H groups in total. The number of nitrogens with zero attached hydrogens (tertiary/aromatic N) is 2. The highest BCUT2D eigenvalue weighted by molar-refractivity contribution is 5.52. The van der Waals surface area contributed by atoms with Gasteiger partial charge < -0.3 is 14.5 Å². The molecule has 100 valence electrons. The molecular weight excluding hydrogens is 242 g/mol. The fraction of sp³-hybridized carbons (Fsp3) is 0.429. The number of hydrogen-bond acceptors (Lipinski definition) is 5. The lowest BCUT2D eigenvalue weighted by Gasteiger charge is -2.22.